The van der Waals surface area contributed by atoms with E-state index in [9.17, 15) is 0 Å². The van der Waals surface area contributed by atoms with Gasteiger partial charge >= 0.3 is 11.9 Å². The van der Waals surface area contributed by atoms with Crippen LogP contribution in [0.5, 0.6) is 5.75 Å². The zero-order chi connectivity index (χ0) is 23.4. The van der Waals surface area contributed by atoms with Crippen LogP contribution < -0.4 is 9.64 Å². The maximum absolute atomic E-state index is 9.10. The summed E-state index contributed by atoms with van der Waals surface area (Å²) in [5, 5.41) is 16.8. The lowest BCUT2D eigenvalue weighted by atomic mass is 10.1. The Morgan fingerprint density at radius 2 is 1.82 bits per heavy atom. The standard InChI is InChI=1S/C22H24ClN3O.C2H2O4/c23-18-4-5-20-19(14-18)17(15-24-20)6-8-25-9-11-26(12-10-25)21-3-1-2-16-7-13-27-22(16)21;3-1(4)2(5)6/h1-5,14-15,24H,6-13H2;(H,3,4)(H,5,6). The third kappa shape index (κ3) is 5.40. The molecule has 33 heavy (non-hydrogen) atoms. The number of hydrogen-bond donors (Lipinski definition) is 3. The van der Waals surface area contributed by atoms with Gasteiger partial charge in [-0.3, -0.25) is 4.90 Å². The van der Waals surface area contributed by atoms with Gasteiger partial charge in [-0.1, -0.05) is 23.7 Å². The minimum Gasteiger partial charge on any atom is -0.491 e. The van der Waals surface area contributed by atoms with E-state index in [1.165, 1.54) is 22.2 Å². The molecule has 1 saturated heterocycles. The molecule has 2 aliphatic heterocycles. The molecule has 5 rings (SSSR count). The molecule has 1 fully saturated rings. The zero-order valence-corrected chi connectivity index (χ0v) is 18.8. The molecule has 0 aliphatic carbocycles. The number of anilines is 1. The fourth-order valence-electron chi connectivity index (χ4n) is 4.30. The van der Waals surface area contributed by atoms with E-state index >= 15 is 0 Å². The van der Waals surface area contributed by atoms with Gasteiger partial charge in [-0.25, -0.2) is 9.59 Å². The highest BCUT2D eigenvalue weighted by Crippen LogP contribution is 2.36. The van der Waals surface area contributed by atoms with Gasteiger partial charge in [-0.2, -0.15) is 0 Å². The summed E-state index contributed by atoms with van der Waals surface area (Å²) < 4.78 is 5.89. The van der Waals surface area contributed by atoms with Crippen molar-refractivity contribution in [2.45, 2.75) is 12.8 Å². The number of carboxylic acids is 2. The highest BCUT2D eigenvalue weighted by molar-refractivity contribution is 6.31. The highest BCUT2D eigenvalue weighted by Gasteiger charge is 2.23. The summed E-state index contributed by atoms with van der Waals surface area (Å²) in [5.41, 5.74) is 5.14. The number of H-pyrrole nitrogens is 1. The van der Waals surface area contributed by atoms with E-state index in [0.717, 1.165) is 68.5 Å². The molecule has 3 heterocycles. The van der Waals surface area contributed by atoms with Crippen molar-refractivity contribution < 1.29 is 24.5 Å². The van der Waals surface area contributed by atoms with E-state index in [-0.39, 0.29) is 0 Å². The molecule has 0 spiro atoms. The van der Waals surface area contributed by atoms with Gasteiger partial charge in [0.25, 0.3) is 0 Å². The Morgan fingerprint density at radius 3 is 2.55 bits per heavy atom. The van der Waals surface area contributed by atoms with Gasteiger partial charge in [0.05, 0.1) is 12.3 Å². The summed E-state index contributed by atoms with van der Waals surface area (Å²) in [4.78, 5) is 26.6. The Morgan fingerprint density at radius 1 is 1.06 bits per heavy atom. The second-order valence-corrected chi connectivity index (χ2v) is 8.49. The smallest absolute Gasteiger partial charge is 0.414 e. The number of carboxylic acid groups (broad SMARTS) is 2. The maximum Gasteiger partial charge on any atom is 0.414 e. The molecule has 1 aromatic heterocycles. The van der Waals surface area contributed by atoms with Crippen molar-refractivity contribution in [2.24, 2.45) is 0 Å². The van der Waals surface area contributed by atoms with E-state index in [4.69, 9.17) is 36.1 Å². The Labute approximate surface area is 196 Å². The molecule has 9 heteroatoms. The minimum absolute atomic E-state index is 0.801. The molecular weight excluding hydrogens is 446 g/mol. The number of hydrogen-bond acceptors (Lipinski definition) is 5. The van der Waals surface area contributed by atoms with E-state index in [2.05, 4.69) is 51.3 Å². The Kier molecular flexibility index (Phi) is 7.05. The second kappa shape index (κ2) is 10.1. The molecule has 3 aromatic rings. The molecule has 3 N–H and O–H groups in total. The Bertz CT molecular complexity index is 1140. The fraction of sp³-hybridized carbons (Fsp3) is 0.333. The number of nitrogens with zero attached hydrogens (tertiary/aromatic N) is 2. The van der Waals surface area contributed by atoms with Gasteiger partial charge < -0.3 is 24.8 Å². The average Bonchev–Trinajstić information content (AvgIpc) is 3.45. The predicted octanol–water partition coefficient (Wildman–Crippen LogP) is 3.28. The number of piperazine rings is 1. The SMILES string of the molecule is Clc1ccc2[nH]cc(CCN3CCN(c4cccc5c4OCC5)CC3)c2c1.O=C(O)C(=O)O. The summed E-state index contributed by atoms with van der Waals surface area (Å²) in [5.74, 6) is -2.54. The summed E-state index contributed by atoms with van der Waals surface area (Å²) in [6.07, 6.45) is 4.21. The Hall–Kier alpha value is -3.23. The molecule has 8 nitrogen and oxygen atoms in total. The van der Waals surface area contributed by atoms with Gasteiger partial charge in [-0.15, -0.1) is 0 Å². The van der Waals surface area contributed by atoms with Crippen LogP contribution in [0.1, 0.15) is 11.1 Å². The largest absolute Gasteiger partial charge is 0.491 e. The van der Waals surface area contributed by atoms with Crippen molar-refractivity contribution in [3.8, 4) is 5.75 Å². The van der Waals surface area contributed by atoms with E-state index < -0.39 is 11.9 Å². The first-order chi connectivity index (χ1) is 15.9. The monoisotopic (exact) mass is 471 g/mol. The molecule has 0 unspecified atom stereocenters. The van der Waals surface area contributed by atoms with Crippen LogP contribution in [0.3, 0.4) is 0 Å². The minimum atomic E-state index is -1.82. The summed E-state index contributed by atoms with van der Waals surface area (Å²) >= 11 is 6.17. The third-order valence-corrected chi connectivity index (χ3v) is 6.25. The van der Waals surface area contributed by atoms with Crippen molar-refractivity contribution in [1.82, 2.24) is 9.88 Å². The van der Waals surface area contributed by atoms with Crippen LogP contribution >= 0.6 is 11.6 Å². The third-order valence-electron chi connectivity index (χ3n) is 6.02. The van der Waals surface area contributed by atoms with Crippen molar-refractivity contribution in [1.29, 1.82) is 0 Å². The molecule has 0 amide bonds. The number of para-hydroxylation sites is 1. The topological polar surface area (TPSA) is 106 Å². The highest BCUT2D eigenvalue weighted by atomic mass is 35.5. The van der Waals surface area contributed by atoms with Gasteiger partial charge in [0, 0.05) is 61.3 Å². The first-order valence-electron chi connectivity index (χ1n) is 10.9. The zero-order valence-electron chi connectivity index (χ0n) is 18.1. The average molecular weight is 472 g/mol. The van der Waals surface area contributed by atoms with Crippen molar-refractivity contribution >= 4 is 40.1 Å². The summed E-state index contributed by atoms with van der Waals surface area (Å²) in [6, 6.07) is 12.6. The summed E-state index contributed by atoms with van der Waals surface area (Å²) in [7, 11) is 0. The molecule has 0 atom stereocenters. The van der Waals surface area contributed by atoms with Crippen LogP contribution in [0.2, 0.25) is 5.02 Å². The molecule has 0 bridgehead atoms. The van der Waals surface area contributed by atoms with Crippen molar-refractivity contribution in [3.63, 3.8) is 0 Å². The second-order valence-electron chi connectivity index (χ2n) is 8.06. The summed E-state index contributed by atoms with van der Waals surface area (Å²) in [6.45, 7) is 6.19. The van der Waals surface area contributed by atoms with Crippen molar-refractivity contribution in [3.05, 3.63) is 58.7 Å². The van der Waals surface area contributed by atoms with E-state index in [1.54, 1.807) is 0 Å². The Balaban J connectivity index is 0.000000385. The van der Waals surface area contributed by atoms with Crippen LogP contribution in [0.15, 0.2) is 42.6 Å². The number of rotatable bonds is 4. The lowest BCUT2D eigenvalue weighted by Gasteiger charge is -2.36. The number of aromatic nitrogens is 1. The lowest BCUT2D eigenvalue weighted by molar-refractivity contribution is -0.159. The first kappa shape index (κ1) is 22.9. The molecule has 2 aliphatic rings. The fourth-order valence-corrected chi connectivity index (χ4v) is 4.47. The number of aliphatic carboxylic acids is 2. The number of aromatic amines is 1. The number of ether oxygens (including phenoxy) is 1. The van der Waals surface area contributed by atoms with E-state index in [1.807, 2.05) is 6.07 Å². The van der Waals surface area contributed by atoms with Crippen molar-refractivity contribution in [2.75, 3.05) is 44.2 Å². The quantitative estimate of drug-likeness (QED) is 0.501. The lowest BCUT2D eigenvalue weighted by Crippen LogP contribution is -2.47. The van der Waals surface area contributed by atoms with E-state index in [0.29, 0.717) is 0 Å². The van der Waals surface area contributed by atoms with Crippen LogP contribution in [-0.2, 0) is 22.4 Å². The number of nitrogens with one attached hydrogen (secondary N) is 1. The normalized spacial score (nSPS) is 15.5. The number of fused-ring (bicyclic) bond motifs is 2. The predicted molar refractivity (Wildman–Crippen MR) is 127 cm³/mol. The number of carbonyl (C=O) groups is 2. The van der Waals surface area contributed by atoms with Crippen LogP contribution in [-0.4, -0.2) is 71.4 Å². The van der Waals surface area contributed by atoms with Crippen LogP contribution in [0, 0.1) is 0 Å². The van der Waals surface area contributed by atoms with Gasteiger partial charge in [0.15, 0.2) is 0 Å². The van der Waals surface area contributed by atoms with Crippen LogP contribution in [0.4, 0.5) is 5.69 Å². The molecule has 0 saturated carbocycles. The first-order valence-corrected chi connectivity index (χ1v) is 11.2. The molecule has 174 valence electrons. The number of benzene rings is 2. The van der Waals surface area contributed by atoms with Gasteiger partial charge in [-0.05, 0) is 41.8 Å². The van der Waals surface area contributed by atoms with Gasteiger partial charge in [0.2, 0.25) is 0 Å². The molecular formula is C24H26ClN3O5. The molecule has 2 aromatic carbocycles. The molecule has 0 radical (unpaired) electrons. The van der Waals surface area contributed by atoms with Crippen LogP contribution in [0.25, 0.3) is 10.9 Å². The maximum atomic E-state index is 9.10. The number of halogens is 1. The van der Waals surface area contributed by atoms with Gasteiger partial charge in [0.1, 0.15) is 5.75 Å².